The highest BCUT2D eigenvalue weighted by Crippen LogP contribution is 2.55. The molecule has 5 aromatic rings. The molecule has 1 aliphatic heterocycles. The van der Waals surface area contributed by atoms with E-state index in [4.69, 9.17) is 21.3 Å². The number of hydrogen-bond donors (Lipinski definition) is 2. The second-order valence-corrected chi connectivity index (χ2v) is 13.7. The van der Waals surface area contributed by atoms with Crippen LogP contribution in [-0.4, -0.2) is 55.9 Å². The Kier molecular flexibility index (Phi) is 7.83. The molecule has 2 N–H and O–H groups in total. The third kappa shape index (κ3) is 5.20. The van der Waals surface area contributed by atoms with Gasteiger partial charge in [0.1, 0.15) is 11.5 Å². The van der Waals surface area contributed by atoms with Crippen LogP contribution in [0.15, 0.2) is 59.5 Å². The molecule has 0 spiro atoms. The number of pyridine rings is 2. The number of nitrogens with one attached hydrogen (secondary N) is 1. The number of likely N-dealkylation sites (tertiary alicyclic amines) is 1. The fraction of sp³-hybridized carbons (Fsp3) is 0.324. The first-order valence-electron chi connectivity index (χ1n) is 16.4. The molecule has 0 bridgehead atoms. The number of ether oxygens (including phenoxy) is 1. The van der Waals surface area contributed by atoms with Gasteiger partial charge < -0.3 is 15.2 Å². The molecule has 1 unspecified atom stereocenters. The van der Waals surface area contributed by atoms with Gasteiger partial charge in [-0.05, 0) is 66.5 Å². The van der Waals surface area contributed by atoms with Crippen molar-refractivity contribution in [3.63, 3.8) is 0 Å². The number of methoxy groups -OCH3 is 1. The number of alkyl halides is 2. The van der Waals surface area contributed by atoms with Crippen LogP contribution < -0.4 is 15.6 Å². The molecule has 3 aromatic heterocycles. The number of aromatic nitrogens is 4. The van der Waals surface area contributed by atoms with E-state index in [1.54, 1.807) is 13.2 Å². The summed E-state index contributed by atoms with van der Waals surface area (Å²) < 4.78 is 34.6. The predicted octanol–water partition coefficient (Wildman–Crippen LogP) is 6.96. The second-order valence-electron chi connectivity index (χ2n) is 13.3. The number of carboxylic acids is 1. The molecule has 4 heterocycles. The van der Waals surface area contributed by atoms with Crippen molar-refractivity contribution < 1.29 is 23.4 Å². The number of hydrogen-bond acceptors (Lipinski definition) is 8. The Bertz CT molecular complexity index is 2270. The molecule has 3 aliphatic rings. The minimum atomic E-state index is -2.84. The maximum Gasteiger partial charge on any atom is 0.307 e. The third-order valence-corrected chi connectivity index (χ3v) is 11.0. The molecule has 10 nitrogen and oxygen atoms in total. The van der Waals surface area contributed by atoms with Crippen molar-refractivity contribution in [1.82, 2.24) is 24.6 Å². The Morgan fingerprint density at radius 2 is 1.80 bits per heavy atom. The fourth-order valence-electron chi connectivity index (χ4n) is 8.03. The number of halogens is 3. The molecule has 1 saturated heterocycles. The van der Waals surface area contributed by atoms with E-state index in [1.807, 2.05) is 37.3 Å². The van der Waals surface area contributed by atoms with Crippen molar-refractivity contribution in [2.45, 2.75) is 32.2 Å². The number of piperidine rings is 1. The fourth-order valence-corrected chi connectivity index (χ4v) is 8.35. The van der Waals surface area contributed by atoms with E-state index in [0.717, 1.165) is 64.0 Å². The lowest BCUT2D eigenvalue weighted by Crippen LogP contribution is -2.29. The molecule has 4 atom stereocenters. The summed E-state index contributed by atoms with van der Waals surface area (Å²) in [5.74, 6) is 0.0902. The largest absolute Gasteiger partial charge is 0.481 e. The van der Waals surface area contributed by atoms with Crippen LogP contribution in [0.3, 0.4) is 0 Å². The molecular weight excluding hydrogens is 666 g/mol. The number of aliphatic carboxylic acids is 1. The molecule has 13 heteroatoms. The van der Waals surface area contributed by atoms with Gasteiger partial charge in [-0.1, -0.05) is 41.9 Å². The van der Waals surface area contributed by atoms with Crippen LogP contribution in [0, 0.1) is 24.7 Å². The van der Waals surface area contributed by atoms with Crippen LogP contribution in [0.2, 0.25) is 5.02 Å². The van der Waals surface area contributed by atoms with Crippen LogP contribution in [-0.2, 0) is 18.3 Å². The summed E-state index contributed by atoms with van der Waals surface area (Å²) in [7, 11) is 3.11. The van der Waals surface area contributed by atoms with Crippen molar-refractivity contribution in [2.75, 3.05) is 25.5 Å². The lowest BCUT2D eigenvalue weighted by molar-refractivity contribution is -0.139. The highest BCUT2D eigenvalue weighted by Gasteiger charge is 2.60. The highest BCUT2D eigenvalue weighted by atomic mass is 35.5. The van der Waals surface area contributed by atoms with Crippen LogP contribution >= 0.6 is 11.6 Å². The van der Waals surface area contributed by atoms with Crippen molar-refractivity contribution in [3.05, 3.63) is 92.5 Å². The number of carboxylic acid groups (broad SMARTS) is 1. The number of rotatable bonds is 8. The quantitative estimate of drug-likeness (QED) is 0.177. The minimum absolute atomic E-state index is 0.0151. The zero-order valence-corrected chi connectivity index (χ0v) is 28.2. The van der Waals surface area contributed by atoms with E-state index >= 15 is 0 Å². The maximum absolute atomic E-state index is 13.8. The SMILES string of the molecule is COc1nc(-c2cccc(-c3cccc(Nc4nc(C(F)F)cc5cnn(C)c(=O)c45)c3C)c2Cl)cc2c1[C@@H](N1C[C@@H]3C(C(=O)O)[C@@H]3C1)CC2. The standard InChI is InChI=1S/C37H33ClF2N6O4/c1-17-20(6-5-9-25(17)42-34-30-19(13-27(43-34)33(39)40)14-41-45(2)36(30)47)21-7-4-8-22(32(21)38)26-12-18-10-11-28(29(18)35(44-26)50-3)46-15-23-24(16-46)31(23)37(48)49/h4-9,12-14,23-24,28,31,33H,10-11,15-16H2,1-3H3,(H,42,43)(H,48,49)/t23-,24+,28-,31?/m0/s1. The van der Waals surface area contributed by atoms with E-state index in [0.29, 0.717) is 22.3 Å². The van der Waals surface area contributed by atoms with Gasteiger partial charge in [-0.15, -0.1) is 0 Å². The third-order valence-electron chi connectivity index (χ3n) is 10.6. The summed E-state index contributed by atoms with van der Waals surface area (Å²) in [5.41, 5.74) is 5.57. The number of aryl methyl sites for hydroxylation is 2. The van der Waals surface area contributed by atoms with E-state index in [1.165, 1.54) is 19.3 Å². The van der Waals surface area contributed by atoms with Crippen molar-refractivity contribution in [3.8, 4) is 28.3 Å². The molecule has 0 radical (unpaired) electrons. The monoisotopic (exact) mass is 698 g/mol. The molecule has 2 fully saturated rings. The summed E-state index contributed by atoms with van der Waals surface area (Å²) in [6, 6.07) is 14.7. The molecule has 8 rings (SSSR count). The Balaban J connectivity index is 1.13. The zero-order valence-electron chi connectivity index (χ0n) is 27.5. The minimum Gasteiger partial charge on any atom is -0.481 e. The number of anilines is 2. The van der Waals surface area contributed by atoms with Crippen molar-refractivity contribution in [2.24, 2.45) is 24.8 Å². The highest BCUT2D eigenvalue weighted by molar-refractivity contribution is 6.36. The lowest BCUT2D eigenvalue weighted by Gasteiger charge is -2.27. The van der Waals surface area contributed by atoms with E-state index in [9.17, 15) is 23.5 Å². The average molecular weight is 699 g/mol. The van der Waals surface area contributed by atoms with Gasteiger partial charge in [0.05, 0.1) is 35.3 Å². The van der Waals surface area contributed by atoms with Gasteiger partial charge in [-0.3, -0.25) is 14.5 Å². The molecule has 256 valence electrons. The predicted molar refractivity (Wildman–Crippen MR) is 185 cm³/mol. The number of nitrogens with zero attached hydrogens (tertiary/aromatic N) is 5. The summed E-state index contributed by atoms with van der Waals surface area (Å²) >= 11 is 7.17. The van der Waals surface area contributed by atoms with Gasteiger partial charge in [0, 0.05) is 53.9 Å². The molecule has 50 heavy (non-hydrogen) atoms. The van der Waals surface area contributed by atoms with Crippen LogP contribution in [0.5, 0.6) is 5.88 Å². The average Bonchev–Trinajstić information content (AvgIpc) is 3.37. The topological polar surface area (TPSA) is 122 Å². The van der Waals surface area contributed by atoms with Gasteiger partial charge in [0.15, 0.2) is 0 Å². The van der Waals surface area contributed by atoms with E-state index < -0.39 is 23.6 Å². The summed E-state index contributed by atoms with van der Waals surface area (Å²) in [6.45, 7) is 3.43. The first kappa shape index (κ1) is 32.3. The maximum atomic E-state index is 13.8. The number of benzene rings is 2. The Morgan fingerprint density at radius 3 is 2.52 bits per heavy atom. The Hall–Kier alpha value is -4.94. The van der Waals surface area contributed by atoms with E-state index in [-0.39, 0.29) is 40.4 Å². The van der Waals surface area contributed by atoms with Crippen molar-refractivity contribution >= 4 is 39.8 Å². The number of fused-ring (bicyclic) bond motifs is 3. The van der Waals surface area contributed by atoms with Gasteiger partial charge in [0.25, 0.3) is 12.0 Å². The molecule has 2 aliphatic carbocycles. The number of carbonyl (C=O) groups is 1. The molecule has 2 aromatic carbocycles. The van der Waals surface area contributed by atoms with Gasteiger partial charge in [0.2, 0.25) is 5.88 Å². The zero-order chi connectivity index (χ0) is 35.0. The Labute approximate surface area is 290 Å². The molecule has 0 amide bonds. The second kappa shape index (κ2) is 12.1. The van der Waals surface area contributed by atoms with Gasteiger partial charge in [-0.25, -0.2) is 23.4 Å². The molecular formula is C37H33ClF2N6O4. The summed E-state index contributed by atoms with van der Waals surface area (Å²) in [6.07, 6.45) is 0.289. The van der Waals surface area contributed by atoms with Gasteiger partial charge >= 0.3 is 5.97 Å². The first-order valence-corrected chi connectivity index (χ1v) is 16.8. The van der Waals surface area contributed by atoms with Crippen molar-refractivity contribution in [1.29, 1.82) is 0 Å². The normalized spacial score (nSPS) is 21.0. The van der Waals surface area contributed by atoms with Crippen LogP contribution in [0.1, 0.15) is 41.3 Å². The van der Waals surface area contributed by atoms with Crippen LogP contribution in [0.4, 0.5) is 20.3 Å². The summed E-state index contributed by atoms with van der Waals surface area (Å²) in [4.78, 5) is 36.0. The van der Waals surface area contributed by atoms with Crippen LogP contribution in [0.25, 0.3) is 33.2 Å². The lowest BCUT2D eigenvalue weighted by atomic mass is 9.96. The first-order chi connectivity index (χ1) is 24.0. The Morgan fingerprint density at radius 1 is 1.08 bits per heavy atom. The molecule has 1 saturated carbocycles. The van der Waals surface area contributed by atoms with E-state index in [2.05, 4.69) is 26.4 Å². The summed E-state index contributed by atoms with van der Waals surface area (Å²) in [5, 5.41) is 17.5. The smallest absolute Gasteiger partial charge is 0.307 e. The van der Waals surface area contributed by atoms with Gasteiger partial charge in [-0.2, -0.15) is 5.10 Å².